The van der Waals surface area contributed by atoms with E-state index in [0.717, 1.165) is 17.2 Å². The predicted molar refractivity (Wildman–Crippen MR) is 147 cm³/mol. The lowest BCUT2D eigenvalue weighted by Crippen LogP contribution is -2.30. The van der Waals surface area contributed by atoms with E-state index in [2.05, 4.69) is 77.9 Å². The van der Waals surface area contributed by atoms with Crippen molar-refractivity contribution in [2.24, 2.45) is 0 Å². The predicted octanol–water partition coefficient (Wildman–Crippen LogP) is 6.49. The largest absolute Gasteiger partial charge is 0.494 e. The molecular weight excluding hydrogens is 439 g/mol. The summed E-state index contributed by atoms with van der Waals surface area (Å²) in [5, 5.41) is 4.22. The second-order valence-corrected chi connectivity index (χ2v) is 10.9. The van der Waals surface area contributed by atoms with Gasteiger partial charge in [0.25, 0.3) is 0 Å². The maximum Gasteiger partial charge on any atom is 0.119 e. The topological polar surface area (TPSA) is 27.7 Å². The second kappa shape index (κ2) is 11.3. The van der Waals surface area contributed by atoms with Crippen LogP contribution < -0.4 is 30.1 Å². The summed E-state index contributed by atoms with van der Waals surface area (Å²) < 4.78 is 17.6. The monoisotopic (exact) mass is 478 g/mol. The van der Waals surface area contributed by atoms with Gasteiger partial charge < -0.3 is 14.2 Å². The summed E-state index contributed by atoms with van der Waals surface area (Å²) in [4.78, 5) is 0. The van der Waals surface area contributed by atoms with E-state index in [-0.39, 0.29) is 0 Å². The fourth-order valence-electron chi connectivity index (χ4n) is 4.89. The van der Waals surface area contributed by atoms with Crippen LogP contribution in [0.2, 0.25) is 0 Å². The maximum absolute atomic E-state index is 5.87. The molecule has 3 aromatic carbocycles. The van der Waals surface area contributed by atoms with Gasteiger partial charge in [0, 0.05) is 0 Å². The minimum absolute atomic E-state index is 0.668. The molecule has 0 amide bonds. The highest BCUT2D eigenvalue weighted by atomic mass is 31.1. The first-order valence-electron chi connectivity index (χ1n) is 12.2. The Morgan fingerprint density at radius 1 is 0.441 bits per heavy atom. The molecule has 0 saturated carbocycles. The highest BCUT2D eigenvalue weighted by molar-refractivity contribution is 7.80. The van der Waals surface area contributed by atoms with Gasteiger partial charge in [-0.3, -0.25) is 0 Å². The smallest absolute Gasteiger partial charge is 0.119 e. The molecule has 34 heavy (non-hydrogen) atoms. The van der Waals surface area contributed by atoms with E-state index in [4.69, 9.17) is 14.2 Å². The summed E-state index contributed by atoms with van der Waals surface area (Å²) >= 11 is 0. The average Bonchev–Trinajstić information content (AvgIpc) is 2.72. The number of aryl methyl sites for hydroxylation is 6. The zero-order valence-electron chi connectivity index (χ0n) is 22.3. The van der Waals surface area contributed by atoms with Gasteiger partial charge in [-0.05, 0) is 156 Å². The van der Waals surface area contributed by atoms with Gasteiger partial charge in [-0.15, -0.1) is 0 Å². The highest BCUT2D eigenvalue weighted by Gasteiger charge is 2.28. The van der Waals surface area contributed by atoms with Crippen molar-refractivity contribution in [1.29, 1.82) is 0 Å². The van der Waals surface area contributed by atoms with E-state index in [1.165, 1.54) is 49.3 Å². The third-order valence-electron chi connectivity index (χ3n) is 6.00. The summed E-state index contributed by atoms with van der Waals surface area (Å²) in [6.07, 6.45) is 0. The molecule has 0 aliphatic heterocycles. The first-order chi connectivity index (χ1) is 16.2. The second-order valence-electron chi connectivity index (χ2n) is 8.85. The lowest BCUT2D eigenvalue weighted by molar-refractivity contribution is 0.339. The SMILES string of the molecule is CCOc1cc(C)c(P(c2c(C)cc(OCC)cc2C)c2c(C)cc(OCC)cc2C)c(C)c1. The van der Waals surface area contributed by atoms with Crippen LogP contribution in [-0.2, 0) is 0 Å². The molecule has 0 spiro atoms. The van der Waals surface area contributed by atoms with Gasteiger partial charge in [0.05, 0.1) is 19.8 Å². The summed E-state index contributed by atoms with van der Waals surface area (Å²) in [5.74, 6) is 2.82. The highest BCUT2D eigenvalue weighted by Crippen LogP contribution is 2.42. The third-order valence-corrected chi connectivity index (χ3v) is 9.46. The van der Waals surface area contributed by atoms with Crippen molar-refractivity contribution >= 4 is 23.8 Å². The molecule has 4 heteroatoms. The van der Waals surface area contributed by atoms with Crippen LogP contribution in [0.1, 0.15) is 54.2 Å². The van der Waals surface area contributed by atoms with Crippen molar-refractivity contribution in [3.8, 4) is 17.2 Å². The average molecular weight is 479 g/mol. The molecule has 0 N–H and O–H groups in total. The van der Waals surface area contributed by atoms with Crippen LogP contribution in [0.15, 0.2) is 36.4 Å². The van der Waals surface area contributed by atoms with Crippen molar-refractivity contribution in [3.05, 3.63) is 69.8 Å². The quantitative estimate of drug-likeness (QED) is 0.329. The number of hydrogen-bond donors (Lipinski definition) is 0. The first kappa shape index (κ1) is 26.1. The molecule has 0 bridgehead atoms. The van der Waals surface area contributed by atoms with E-state index < -0.39 is 7.92 Å². The van der Waals surface area contributed by atoms with Crippen molar-refractivity contribution < 1.29 is 14.2 Å². The zero-order valence-corrected chi connectivity index (χ0v) is 23.2. The van der Waals surface area contributed by atoms with Gasteiger partial charge in [0.15, 0.2) is 0 Å². The normalized spacial score (nSPS) is 11.1. The Hall–Kier alpha value is -2.51. The summed E-state index contributed by atoms with van der Waals surface area (Å²) in [7, 11) is -0.803. The Balaban J connectivity index is 2.34. The molecule has 3 aromatic rings. The van der Waals surface area contributed by atoms with E-state index in [9.17, 15) is 0 Å². The number of ether oxygens (including phenoxy) is 3. The summed E-state index contributed by atoms with van der Waals surface area (Å²) in [6, 6.07) is 13.2. The number of hydrogen-bond acceptors (Lipinski definition) is 3. The molecule has 0 saturated heterocycles. The van der Waals surface area contributed by atoms with Crippen molar-refractivity contribution in [3.63, 3.8) is 0 Å². The molecule has 0 fully saturated rings. The summed E-state index contributed by atoms with van der Waals surface area (Å²) in [6.45, 7) is 21.4. The van der Waals surface area contributed by atoms with E-state index >= 15 is 0 Å². The van der Waals surface area contributed by atoms with E-state index in [1.54, 1.807) is 0 Å². The molecule has 0 aromatic heterocycles. The Morgan fingerprint density at radius 3 is 0.824 bits per heavy atom. The van der Waals surface area contributed by atoms with Crippen LogP contribution in [0.4, 0.5) is 0 Å². The van der Waals surface area contributed by atoms with Gasteiger partial charge in [-0.25, -0.2) is 0 Å². The lowest BCUT2D eigenvalue weighted by atomic mass is 10.1. The minimum Gasteiger partial charge on any atom is -0.494 e. The van der Waals surface area contributed by atoms with Crippen LogP contribution >= 0.6 is 7.92 Å². The van der Waals surface area contributed by atoms with Crippen LogP contribution in [-0.4, -0.2) is 19.8 Å². The zero-order chi connectivity index (χ0) is 25.0. The molecule has 3 nitrogen and oxygen atoms in total. The van der Waals surface area contributed by atoms with Crippen LogP contribution in [0.25, 0.3) is 0 Å². The fraction of sp³-hybridized carbons (Fsp3) is 0.400. The van der Waals surface area contributed by atoms with Gasteiger partial charge in [-0.1, -0.05) is 0 Å². The Labute approximate surface area is 207 Å². The summed E-state index contributed by atoms with van der Waals surface area (Å²) in [5.41, 5.74) is 7.64. The van der Waals surface area contributed by atoms with Gasteiger partial charge in [0.1, 0.15) is 17.2 Å². The fourth-order valence-corrected chi connectivity index (χ4v) is 8.07. The van der Waals surface area contributed by atoms with Crippen LogP contribution in [0.5, 0.6) is 17.2 Å². The molecule has 0 atom stereocenters. The maximum atomic E-state index is 5.87. The number of rotatable bonds is 9. The van der Waals surface area contributed by atoms with Crippen LogP contribution in [0, 0.1) is 41.5 Å². The lowest BCUT2D eigenvalue weighted by Gasteiger charge is -2.30. The van der Waals surface area contributed by atoms with Crippen molar-refractivity contribution in [1.82, 2.24) is 0 Å². The Morgan fingerprint density at radius 2 is 0.647 bits per heavy atom. The molecule has 0 aliphatic rings. The van der Waals surface area contributed by atoms with Crippen molar-refractivity contribution in [2.75, 3.05) is 19.8 Å². The van der Waals surface area contributed by atoms with E-state index in [0.29, 0.717) is 19.8 Å². The number of benzene rings is 3. The standard InChI is InChI=1S/C30H39O3P/c1-10-31-25-13-19(4)28(20(5)14-25)34(29-21(6)15-26(32-11-2)16-22(29)7)30-23(8)17-27(33-12-3)18-24(30)9/h13-18H,10-12H2,1-9H3. The minimum atomic E-state index is -0.803. The molecule has 0 unspecified atom stereocenters. The van der Waals surface area contributed by atoms with Gasteiger partial charge in [-0.2, -0.15) is 0 Å². The van der Waals surface area contributed by atoms with Crippen LogP contribution in [0.3, 0.4) is 0 Å². The Kier molecular flexibility index (Phi) is 8.66. The van der Waals surface area contributed by atoms with Gasteiger partial charge >= 0.3 is 0 Å². The van der Waals surface area contributed by atoms with Gasteiger partial charge in [0.2, 0.25) is 0 Å². The first-order valence-corrected chi connectivity index (χ1v) is 13.6. The van der Waals surface area contributed by atoms with Crippen molar-refractivity contribution in [2.45, 2.75) is 62.3 Å². The molecule has 0 heterocycles. The molecule has 0 radical (unpaired) electrons. The molecular formula is C30H39O3P. The molecule has 0 aliphatic carbocycles. The Bertz CT molecular complexity index is 950. The third kappa shape index (κ3) is 5.41. The molecule has 3 rings (SSSR count). The molecule has 182 valence electrons. The van der Waals surface area contributed by atoms with E-state index in [1.807, 2.05) is 20.8 Å².